The van der Waals surface area contributed by atoms with Crippen molar-refractivity contribution in [2.75, 3.05) is 7.11 Å². The lowest BCUT2D eigenvalue weighted by Crippen LogP contribution is -3.00. The molecule has 19 heavy (non-hydrogen) atoms. The molecule has 0 saturated carbocycles. The van der Waals surface area contributed by atoms with Crippen molar-refractivity contribution in [3.05, 3.63) is 59.4 Å². The molecule has 0 aliphatic rings. The fourth-order valence-electron chi connectivity index (χ4n) is 1.61. The molecule has 0 fully saturated rings. The number of rotatable bonds is 4. The van der Waals surface area contributed by atoms with Crippen LogP contribution in [0.3, 0.4) is 0 Å². The van der Waals surface area contributed by atoms with E-state index in [1.165, 1.54) is 0 Å². The lowest BCUT2D eigenvalue weighted by Gasteiger charge is -2.01. The van der Waals surface area contributed by atoms with Crippen molar-refractivity contribution in [1.82, 2.24) is 0 Å². The van der Waals surface area contributed by atoms with Crippen LogP contribution in [0.15, 0.2) is 48.7 Å². The summed E-state index contributed by atoms with van der Waals surface area (Å²) in [4.78, 5) is 12.0. The fraction of sp³-hybridized carbons (Fsp3) is 0.143. The van der Waals surface area contributed by atoms with Crippen LogP contribution in [0.25, 0.3) is 0 Å². The zero-order valence-electron chi connectivity index (χ0n) is 10.3. The Morgan fingerprint density at radius 2 is 1.89 bits per heavy atom. The van der Waals surface area contributed by atoms with Crippen LogP contribution in [-0.4, -0.2) is 12.9 Å². The van der Waals surface area contributed by atoms with Gasteiger partial charge in [0.05, 0.1) is 7.11 Å². The molecule has 0 aliphatic heterocycles. The summed E-state index contributed by atoms with van der Waals surface area (Å²) in [7, 11) is 1.59. The monoisotopic (exact) mass is 341 g/mol. The Kier molecular flexibility index (Phi) is 5.99. The molecule has 3 nitrogen and oxygen atoms in total. The van der Waals surface area contributed by atoms with Gasteiger partial charge in [-0.2, -0.15) is 4.57 Å². The molecule has 1 aromatic carbocycles. The molecule has 1 aromatic heterocycles. The lowest BCUT2D eigenvalue weighted by molar-refractivity contribution is -0.681. The number of Topliss-reactive ketones (excluding diaryl/α,β-unsaturated/α-hetero) is 1. The van der Waals surface area contributed by atoms with E-state index in [1.807, 2.05) is 12.1 Å². The number of aromatic nitrogens is 1. The first-order valence-electron chi connectivity index (χ1n) is 5.52. The summed E-state index contributed by atoms with van der Waals surface area (Å²) in [6.45, 7) is 0.228. The predicted octanol–water partition coefficient (Wildman–Crippen LogP) is -0.477. The third kappa shape index (κ3) is 4.04. The molecule has 0 saturated heterocycles. The Labute approximate surface area is 127 Å². The standard InChI is InChI=1S/C14H13ClNO2.BrH/c1-18-12-7-5-11(6-8-12)13(17)10-16-9-3-2-4-14(16)15;/h2-9H,10H2,1H3;1H/q+1;/p-1. The van der Waals surface area contributed by atoms with E-state index in [-0.39, 0.29) is 29.3 Å². The summed E-state index contributed by atoms with van der Waals surface area (Å²) >= 11 is 5.99. The van der Waals surface area contributed by atoms with E-state index in [0.29, 0.717) is 10.7 Å². The van der Waals surface area contributed by atoms with Gasteiger partial charge >= 0.3 is 0 Å². The maximum absolute atomic E-state index is 12.0. The van der Waals surface area contributed by atoms with E-state index in [9.17, 15) is 4.79 Å². The highest BCUT2D eigenvalue weighted by Gasteiger charge is 2.14. The van der Waals surface area contributed by atoms with Gasteiger partial charge in [0.1, 0.15) is 5.75 Å². The quantitative estimate of drug-likeness (QED) is 0.427. The average Bonchev–Trinajstić information content (AvgIpc) is 2.41. The van der Waals surface area contributed by atoms with Crippen molar-refractivity contribution in [2.24, 2.45) is 0 Å². The van der Waals surface area contributed by atoms with Gasteiger partial charge in [-0.3, -0.25) is 4.79 Å². The van der Waals surface area contributed by atoms with Crippen LogP contribution in [0.1, 0.15) is 10.4 Å². The molecule has 0 radical (unpaired) electrons. The van der Waals surface area contributed by atoms with Crippen LogP contribution >= 0.6 is 11.6 Å². The summed E-state index contributed by atoms with van der Waals surface area (Å²) in [6, 6.07) is 12.5. The van der Waals surface area contributed by atoms with Gasteiger partial charge in [-0.25, -0.2) is 0 Å². The molecular weight excluding hydrogens is 330 g/mol. The number of benzene rings is 1. The molecule has 0 atom stereocenters. The van der Waals surface area contributed by atoms with E-state index in [0.717, 1.165) is 5.75 Å². The smallest absolute Gasteiger partial charge is 0.275 e. The second-order valence-corrected chi connectivity index (χ2v) is 4.19. The number of ketones is 1. The van der Waals surface area contributed by atoms with Gasteiger partial charge in [0.15, 0.2) is 6.20 Å². The first-order chi connectivity index (χ1) is 8.70. The Bertz CT molecular complexity index is 558. The van der Waals surface area contributed by atoms with Crippen molar-refractivity contribution in [3.8, 4) is 5.75 Å². The normalized spacial score (nSPS) is 9.58. The molecule has 0 unspecified atom stereocenters. The maximum atomic E-state index is 12.0. The lowest BCUT2D eigenvalue weighted by atomic mass is 10.1. The Morgan fingerprint density at radius 1 is 1.21 bits per heavy atom. The fourth-order valence-corrected chi connectivity index (χ4v) is 1.80. The first kappa shape index (κ1) is 15.7. The Balaban J connectivity index is 0.00000180. The van der Waals surface area contributed by atoms with Gasteiger partial charge in [0.25, 0.3) is 5.15 Å². The minimum Gasteiger partial charge on any atom is -1.00 e. The molecule has 1 heterocycles. The number of hydrogen-bond donors (Lipinski definition) is 0. The second-order valence-electron chi connectivity index (χ2n) is 3.80. The molecule has 5 heteroatoms. The molecule has 100 valence electrons. The zero-order chi connectivity index (χ0) is 13.0. The van der Waals surface area contributed by atoms with Crippen molar-refractivity contribution < 1.29 is 31.1 Å². The molecule has 0 aliphatic carbocycles. The number of carbonyl (C=O) groups excluding carboxylic acids is 1. The number of hydrogen-bond acceptors (Lipinski definition) is 2. The number of halogens is 2. The van der Waals surface area contributed by atoms with Crippen molar-refractivity contribution in [2.45, 2.75) is 6.54 Å². The van der Waals surface area contributed by atoms with Crippen molar-refractivity contribution >= 4 is 17.4 Å². The van der Waals surface area contributed by atoms with Gasteiger partial charge in [0.2, 0.25) is 12.3 Å². The van der Waals surface area contributed by atoms with Crippen molar-refractivity contribution in [3.63, 3.8) is 0 Å². The van der Waals surface area contributed by atoms with Gasteiger partial charge in [-0.1, -0.05) is 0 Å². The van der Waals surface area contributed by atoms with Gasteiger partial charge < -0.3 is 21.7 Å². The highest BCUT2D eigenvalue weighted by molar-refractivity contribution is 6.28. The minimum atomic E-state index is 0. The highest BCUT2D eigenvalue weighted by atomic mass is 79.9. The van der Waals surface area contributed by atoms with Gasteiger partial charge in [-0.05, 0) is 41.9 Å². The van der Waals surface area contributed by atoms with E-state index in [4.69, 9.17) is 16.3 Å². The van der Waals surface area contributed by atoms with Crippen LogP contribution in [0.4, 0.5) is 0 Å². The largest absolute Gasteiger partial charge is 1.00 e. The minimum absolute atomic E-state index is 0. The van der Waals surface area contributed by atoms with Crippen LogP contribution in [0, 0.1) is 0 Å². The summed E-state index contributed by atoms with van der Waals surface area (Å²) in [5.41, 5.74) is 0.642. The van der Waals surface area contributed by atoms with Gasteiger partial charge in [-0.15, -0.1) is 0 Å². The molecule has 2 rings (SSSR count). The molecule has 0 N–H and O–H groups in total. The SMILES string of the molecule is COc1ccc(C(=O)C[n+]2ccccc2Cl)cc1.[Br-]. The van der Waals surface area contributed by atoms with E-state index < -0.39 is 0 Å². The van der Waals surface area contributed by atoms with Gasteiger partial charge in [0, 0.05) is 17.7 Å². The van der Waals surface area contributed by atoms with Crippen molar-refractivity contribution in [1.29, 1.82) is 0 Å². The average molecular weight is 343 g/mol. The number of carbonyl (C=O) groups is 1. The maximum Gasteiger partial charge on any atom is 0.275 e. The third-order valence-electron chi connectivity index (χ3n) is 2.61. The summed E-state index contributed by atoms with van der Waals surface area (Å²) in [6.07, 6.45) is 1.78. The highest BCUT2D eigenvalue weighted by Crippen LogP contribution is 2.12. The topological polar surface area (TPSA) is 30.2 Å². The zero-order valence-corrected chi connectivity index (χ0v) is 12.7. The van der Waals surface area contributed by atoms with E-state index in [2.05, 4.69) is 0 Å². The molecule has 0 spiro atoms. The summed E-state index contributed by atoms with van der Waals surface area (Å²) in [5, 5.41) is 0.541. The van der Waals surface area contributed by atoms with E-state index >= 15 is 0 Å². The Morgan fingerprint density at radius 3 is 2.47 bits per heavy atom. The predicted molar refractivity (Wildman–Crippen MR) is 69.0 cm³/mol. The summed E-state index contributed by atoms with van der Waals surface area (Å²) in [5.74, 6) is 0.743. The molecular formula is C14H13BrClNO2. The molecule has 0 amide bonds. The second kappa shape index (κ2) is 7.26. The Hall–Kier alpha value is -1.39. The van der Waals surface area contributed by atoms with Crippen LogP contribution in [-0.2, 0) is 6.54 Å². The first-order valence-corrected chi connectivity index (χ1v) is 5.90. The molecule has 0 bridgehead atoms. The number of ether oxygens (including phenoxy) is 1. The van der Waals surface area contributed by atoms with E-state index in [1.54, 1.807) is 48.2 Å². The number of nitrogens with zero attached hydrogens (tertiary/aromatic N) is 1. The van der Waals surface area contributed by atoms with Crippen LogP contribution in [0.5, 0.6) is 5.75 Å². The molecule has 2 aromatic rings. The number of methoxy groups -OCH3 is 1. The van der Waals surface area contributed by atoms with Crippen LogP contribution in [0.2, 0.25) is 5.15 Å². The van der Waals surface area contributed by atoms with Crippen LogP contribution < -0.4 is 26.3 Å². The third-order valence-corrected chi connectivity index (χ3v) is 2.95. The number of pyridine rings is 1. The summed E-state index contributed by atoms with van der Waals surface area (Å²) < 4.78 is 6.75.